The van der Waals surface area contributed by atoms with Gasteiger partial charge in [-0.05, 0) is 31.7 Å². The molecule has 0 aliphatic rings. The van der Waals surface area contributed by atoms with Crippen molar-refractivity contribution in [2.24, 2.45) is 0 Å². The normalized spacial score (nSPS) is 10.5. The number of esters is 1. The van der Waals surface area contributed by atoms with E-state index in [1.54, 1.807) is 31.0 Å². The van der Waals surface area contributed by atoms with Crippen LogP contribution >= 0.6 is 11.6 Å². The molecule has 21 heavy (non-hydrogen) atoms. The number of halogens is 1. The number of amides is 1. The molecule has 1 rings (SSSR count). The summed E-state index contributed by atoms with van der Waals surface area (Å²) < 4.78 is 4.84. The lowest BCUT2D eigenvalue weighted by molar-refractivity contribution is -0.143. The van der Waals surface area contributed by atoms with Crippen molar-refractivity contribution in [3.63, 3.8) is 0 Å². The van der Waals surface area contributed by atoms with Crippen LogP contribution in [0, 0.1) is 0 Å². The molecule has 116 valence electrons. The Labute approximate surface area is 130 Å². The Bertz CT molecular complexity index is 462. The average Bonchev–Trinajstić information content (AvgIpc) is 2.45. The molecule has 0 aliphatic heterocycles. The van der Waals surface area contributed by atoms with E-state index in [0.717, 1.165) is 5.56 Å². The molecular weight excluding hydrogens is 292 g/mol. The zero-order valence-electron chi connectivity index (χ0n) is 12.4. The number of nitrogens with zero attached hydrogens (tertiary/aromatic N) is 1. The van der Waals surface area contributed by atoms with E-state index in [4.69, 9.17) is 16.3 Å². The van der Waals surface area contributed by atoms with E-state index in [9.17, 15) is 9.59 Å². The highest BCUT2D eigenvalue weighted by Crippen LogP contribution is 2.09. The molecule has 0 atom stereocenters. The van der Waals surface area contributed by atoms with Crippen molar-refractivity contribution in [1.82, 2.24) is 10.2 Å². The molecule has 1 aromatic rings. The third kappa shape index (κ3) is 7.68. The molecule has 0 saturated heterocycles. The monoisotopic (exact) mass is 312 g/mol. The number of nitrogens with one attached hydrogen (secondary N) is 1. The smallest absolute Gasteiger partial charge is 0.307 e. The van der Waals surface area contributed by atoms with E-state index < -0.39 is 0 Å². The summed E-state index contributed by atoms with van der Waals surface area (Å²) >= 11 is 5.79. The summed E-state index contributed by atoms with van der Waals surface area (Å²) in [5, 5.41) is 3.49. The van der Waals surface area contributed by atoms with Gasteiger partial charge in [0.2, 0.25) is 5.91 Å². The van der Waals surface area contributed by atoms with E-state index in [1.165, 1.54) is 0 Å². The Morgan fingerprint density at radius 1 is 1.29 bits per heavy atom. The van der Waals surface area contributed by atoms with Crippen molar-refractivity contribution in [2.45, 2.75) is 19.9 Å². The summed E-state index contributed by atoms with van der Waals surface area (Å²) in [6.45, 7) is 3.35. The molecule has 0 spiro atoms. The van der Waals surface area contributed by atoms with Crippen molar-refractivity contribution < 1.29 is 14.3 Å². The van der Waals surface area contributed by atoms with Crippen LogP contribution in [0.25, 0.3) is 0 Å². The van der Waals surface area contributed by atoms with Crippen LogP contribution in [0.4, 0.5) is 0 Å². The minimum Gasteiger partial charge on any atom is -0.466 e. The molecule has 1 N–H and O–H groups in total. The number of benzene rings is 1. The van der Waals surface area contributed by atoms with Gasteiger partial charge >= 0.3 is 5.97 Å². The van der Waals surface area contributed by atoms with Gasteiger partial charge in [-0.2, -0.15) is 0 Å². The molecule has 1 aromatic carbocycles. The molecule has 0 bridgehead atoms. The Hall–Kier alpha value is -1.59. The van der Waals surface area contributed by atoms with Gasteiger partial charge in [-0.3, -0.25) is 14.5 Å². The molecule has 0 radical (unpaired) electrons. The van der Waals surface area contributed by atoms with E-state index >= 15 is 0 Å². The second-order valence-electron chi connectivity index (χ2n) is 4.70. The summed E-state index contributed by atoms with van der Waals surface area (Å²) in [7, 11) is 1.79. The molecule has 6 heteroatoms. The first-order chi connectivity index (χ1) is 10.0. The highest BCUT2D eigenvalue weighted by Gasteiger charge is 2.09. The SMILES string of the molecule is CCOC(=O)CCN(C)CC(=O)NCc1ccc(Cl)cc1. The van der Waals surface area contributed by atoms with Crippen LogP contribution in [0.2, 0.25) is 5.02 Å². The fourth-order valence-electron chi connectivity index (χ4n) is 1.70. The summed E-state index contributed by atoms with van der Waals surface area (Å²) in [6, 6.07) is 7.31. The van der Waals surface area contributed by atoms with Crippen molar-refractivity contribution in [3.05, 3.63) is 34.9 Å². The summed E-state index contributed by atoms with van der Waals surface area (Å²) in [6.07, 6.45) is 0.287. The van der Waals surface area contributed by atoms with Gasteiger partial charge < -0.3 is 10.1 Å². The van der Waals surface area contributed by atoms with Gasteiger partial charge in [0.1, 0.15) is 0 Å². The number of carbonyl (C=O) groups is 2. The standard InChI is InChI=1S/C15H21ClN2O3/c1-3-21-15(20)8-9-18(2)11-14(19)17-10-12-4-6-13(16)7-5-12/h4-7H,3,8-11H2,1-2H3,(H,17,19). The quantitative estimate of drug-likeness (QED) is 0.744. The molecule has 0 fully saturated rings. The molecule has 0 saturated carbocycles. The number of carbonyl (C=O) groups excluding carboxylic acids is 2. The first-order valence-corrected chi connectivity index (χ1v) is 7.24. The number of hydrogen-bond acceptors (Lipinski definition) is 4. The van der Waals surface area contributed by atoms with Gasteiger partial charge in [0.25, 0.3) is 0 Å². The maximum Gasteiger partial charge on any atom is 0.307 e. The second kappa shape index (κ2) is 9.37. The minimum atomic E-state index is -0.245. The Morgan fingerprint density at radius 2 is 1.95 bits per heavy atom. The van der Waals surface area contributed by atoms with Gasteiger partial charge in [-0.25, -0.2) is 0 Å². The third-order valence-electron chi connectivity index (χ3n) is 2.82. The molecule has 0 aromatic heterocycles. The van der Waals surface area contributed by atoms with Crippen LogP contribution in [0.3, 0.4) is 0 Å². The van der Waals surface area contributed by atoms with Gasteiger partial charge in [0.05, 0.1) is 19.6 Å². The zero-order valence-corrected chi connectivity index (χ0v) is 13.2. The number of hydrogen-bond donors (Lipinski definition) is 1. The predicted molar refractivity (Wildman–Crippen MR) is 82.0 cm³/mol. The van der Waals surface area contributed by atoms with Crippen LogP contribution in [0.5, 0.6) is 0 Å². The Morgan fingerprint density at radius 3 is 2.57 bits per heavy atom. The predicted octanol–water partition coefficient (Wildman–Crippen LogP) is 1.84. The number of ether oxygens (including phenoxy) is 1. The van der Waals surface area contributed by atoms with Crippen LogP contribution < -0.4 is 5.32 Å². The third-order valence-corrected chi connectivity index (χ3v) is 3.07. The van der Waals surface area contributed by atoms with E-state index in [1.807, 2.05) is 12.1 Å². The van der Waals surface area contributed by atoms with E-state index in [0.29, 0.717) is 24.7 Å². The van der Waals surface area contributed by atoms with Crippen LogP contribution in [-0.4, -0.2) is 43.5 Å². The summed E-state index contributed by atoms with van der Waals surface area (Å²) in [5.74, 6) is -0.331. The molecule has 0 aliphatic carbocycles. The molecule has 1 amide bonds. The van der Waals surface area contributed by atoms with Crippen LogP contribution in [-0.2, 0) is 20.9 Å². The first-order valence-electron chi connectivity index (χ1n) is 6.86. The van der Waals surface area contributed by atoms with Crippen molar-refractivity contribution in [3.8, 4) is 0 Å². The summed E-state index contributed by atoms with van der Waals surface area (Å²) in [4.78, 5) is 24.8. The highest BCUT2D eigenvalue weighted by molar-refractivity contribution is 6.30. The zero-order chi connectivity index (χ0) is 15.7. The maximum absolute atomic E-state index is 11.8. The maximum atomic E-state index is 11.8. The van der Waals surface area contributed by atoms with Crippen molar-refractivity contribution in [2.75, 3.05) is 26.7 Å². The lowest BCUT2D eigenvalue weighted by Gasteiger charge is -2.15. The fraction of sp³-hybridized carbons (Fsp3) is 0.467. The summed E-state index contributed by atoms with van der Waals surface area (Å²) in [5.41, 5.74) is 0.988. The topological polar surface area (TPSA) is 58.6 Å². The van der Waals surface area contributed by atoms with Gasteiger partial charge in [0.15, 0.2) is 0 Å². The Balaban J connectivity index is 2.23. The Kier molecular flexibility index (Phi) is 7.79. The fourth-order valence-corrected chi connectivity index (χ4v) is 1.82. The van der Waals surface area contributed by atoms with Gasteiger partial charge in [-0.1, -0.05) is 23.7 Å². The number of rotatable bonds is 8. The largest absolute Gasteiger partial charge is 0.466 e. The van der Waals surface area contributed by atoms with Gasteiger partial charge in [0, 0.05) is 18.1 Å². The first kappa shape index (κ1) is 17.5. The lowest BCUT2D eigenvalue weighted by Crippen LogP contribution is -2.35. The van der Waals surface area contributed by atoms with E-state index in [2.05, 4.69) is 5.32 Å². The second-order valence-corrected chi connectivity index (χ2v) is 5.13. The molecule has 0 unspecified atom stereocenters. The minimum absolute atomic E-state index is 0.0868. The average molecular weight is 313 g/mol. The van der Waals surface area contributed by atoms with E-state index in [-0.39, 0.29) is 24.8 Å². The van der Waals surface area contributed by atoms with Crippen LogP contribution in [0.15, 0.2) is 24.3 Å². The van der Waals surface area contributed by atoms with Crippen molar-refractivity contribution in [1.29, 1.82) is 0 Å². The lowest BCUT2D eigenvalue weighted by atomic mass is 10.2. The van der Waals surface area contributed by atoms with Gasteiger partial charge in [-0.15, -0.1) is 0 Å². The number of likely N-dealkylation sites (N-methyl/N-ethyl adjacent to an activating group) is 1. The molecular formula is C15H21ClN2O3. The highest BCUT2D eigenvalue weighted by atomic mass is 35.5. The van der Waals surface area contributed by atoms with Crippen molar-refractivity contribution >= 4 is 23.5 Å². The molecule has 0 heterocycles. The van der Waals surface area contributed by atoms with Crippen LogP contribution in [0.1, 0.15) is 18.9 Å². The molecule has 5 nitrogen and oxygen atoms in total.